The molecule has 2 aromatic rings. The minimum absolute atomic E-state index is 0.0339. The molecule has 0 aromatic carbocycles. The van der Waals surface area contributed by atoms with Crippen molar-refractivity contribution in [2.75, 3.05) is 5.32 Å². The standard InChI is InChI=1S/C15H20ClN5O4/c1-14(2,3)24-12(22)19-9-8-10(20-11(16)18-9)21(7-17-8)13(23)25-15(4,5)6/h7H,1-6H3,(H,18,19,20,22). The first-order valence-corrected chi connectivity index (χ1v) is 7.87. The summed E-state index contributed by atoms with van der Waals surface area (Å²) in [4.78, 5) is 36.2. The number of rotatable bonds is 1. The Morgan fingerprint density at radius 2 is 1.68 bits per heavy atom. The van der Waals surface area contributed by atoms with Crippen LogP contribution in [0.15, 0.2) is 6.33 Å². The molecular formula is C15H20ClN5O4. The van der Waals surface area contributed by atoms with E-state index in [0.29, 0.717) is 0 Å². The van der Waals surface area contributed by atoms with Crippen LogP contribution in [0.4, 0.5) is 15.4 Å². The van der Waals surface area contributed by atoms with Crippen LogP contribution in [-0.2, 0) is 9.47 Å². The maximum absolute atomic E-state index is 12.3. The highest BCUT2D eigenvalue weighted by Crippen LogP contribution is 2.22. The molecule has 136 valence electrons. The van der Waals surface area contributed by atoms with Crippen molar-refractivity contribution in [3.63, 3.8) is 0 Å². The minimum Gasteiger partial charge on any atom is -0.444 e. The molecule has 2 heterocycles. The zero-order valence-electron chi connectivity index (χ0n) is 14.9. The molecule has 1 N–H and O–H groups in total. The lowest BCUT2D eigenvalue weighted by Crippen LogP contribution is -2.28. The number of ether oxygens (including phenoxy) is 2. The van der Waals surface area contributed by atoms with Gasteiger partial charge in [-0.25, -0.2) is 19.1 Å². The van der Waals surface area contributed by atoms with Gasteiger partial charge in [-0.1, -0.05) is 0 Å². The van der Waals surface area contributed by atoms with Crippen molar-refractivity contribution in [2.45, 2.75) is 52.7 Å². The van der Waals surface area contributed by atoms with Crippen LogP contribution in [0, 0.1) is 0 Å². The van der Waals surface area contributed by atoms with Gasteiger partial charge < -0.3 is 9.47 Å². The number of halogens is 1. The lowest BCUT2D eigenvalue weighted by molar-refractivity contribution is 0.0541. The highest BCUT2D eigenvalue weighted by Gasteiger charge is 2.23. The Morgan fingerprint density at radius 3 is 2.24 bits per heavy atom. The van der Waals surface area contributed by atoms with Crippen molar-refractivity contribution in [2.24, 2.45) is 0 Å². The summed E-state index contributed by atoms with van der Waals surface area (Å²) in [5, 5.41) is 2.30. The van der Waals surface area contributed by atoms with Gasteiger partial charge in [-0.3, -0.25) is 5.32 Å². The van der Waals surface area contributed by atoms with Gasteiger partial charge in [0, 0.05) is 0 Å². The topological polar surface area (TPSA) is 108 Å². The van der Waals surface area contributed by atoms with Crippen LogP contribution in [-0.4, -0.2) is 42.9 Å². The van der Waals surface area contributed by atoms with Gasteiger partial charge in [0.15, 0.2) is 17.0 Å². The van der Waals surface area contributed by atoms with E-state index in [1.807, 2.05) is 0 Å². The Morgan fingerprint density at radius 1 is 1.08 bits per heavy atom. The minimum atomic E-state index is -0.726. The van der Waals surface area contributed by atoms with Gasteiger partial charge in [-0.05, 0) is 53.1 Å². The highest BCUT2D eigenvalue weighted by molar-refractivity contribution is 6.28. The molecule has 10 heteroatoms. The van der Waals surface area contributed by atoms with Gasteiger partial charge in [0.1, 0.15) is 17.5 Å². The Hall–Kier alpha value is -2.42. The summed E-state index contributed by atoms with van der Waals surface area (Å²) in [5.41, 5.74) is -1.08. The first-order valence-electron chi connectivity index (χ1n) is 7.50. The molecule has 0 bridgehead atoms. The predicted molar refractivity (Wildman–Crippen MR) is 91.8 cm³/mol. The fourth-order valence-electron chi connectivity index (χ4n) is 1.81. The predicted octanol–water partition coefficient (Wildman–Crippen LogP) is 3.61. The maximum atomic E-state index is 12.3. The molecule has 0 saturated heterocycles. The quantitative estimate of drug-likeness (QED) is 0.764. The van der Waals surface area contributed by atoms with Crippen LogP contribution in [0.25, 0.3) is 11.2 Å². The van der Waals surface area contributed by atoms with Gasteiger partial charge in [0.2, 0.25) is 5.28 Å². The van der Waals surface area contributed by atoms with Crippen molar-refractivity contribution in [3.05, 3.63) is 11.6 Å². The zero-order valence-corrected chi connectivity index (χ0v) is 15.6. The number of hydrogen-bond acceptors (Lipinski definition) is 7. The monoisotopic (exact) mass is 369 g/mol. The summed E-state index contributed by atoms with van der Waals surface area (Å²) < 4.78 is 11.5. The third-order valence-electron chi connectivity index (χ3n) is 2.58. The van der Waals surface area contributed by atoms with Crippen molar-refractivity contribution < 1.29 is 19.1 Å². The van der Waals surface area contributed by atoms with Crippen molar-refractivity contribution in [1.29, 1.82) is 0 Å². The van der Waals surface area contributed by atoms with E-state index in [4.69, 9.17) is 21.1 Å². The molecule has 2 rings (SSSR count). The molecule has 0 aliphatic carbocycles. The fraction of sp³-hybridized carbons (Fsp3) is 0.533. The average Bonchev–Trinajstić information content (AvgIpc) is 2.77. The van der Waals surface area contributed by atoms with Crippen LogP contribution in [0.2, 0.25) is 5.28 Å². The van der Waals surface area contributed by atoms with Crippen LogP contribution in [0.3, 0.4) is 0 Å². The zero-order chi connectivity index (χ0) is 19.0. The van der Waals surface area contributed by atoms with Crippen LogP contribution >= 0.6 is 11.6 Å². The molecule has 0 radical (unpaired) electrons. The van der Waals surface area contributed by atoms with Gasteiger partial charge in [0.25, 0.3) is 0 Å². The summed E-state index contributed by atoms with van der Waals surface area (Å²) >= 11 is 5.90. The number of carbonyl (C=O) groups excluding carboxylic acids is 2. The molecule has 0 spiro atoms. The highest BCUT2D eigenvalue weighted by atomic mass is 35.5. The normalized spacial score (nSPS) is 12.1. The smallest absolute Gasteiger partial charge is 0.421 e. The molecule has 0 aliphatic rings. The second-order valence-corrected chi connectivity index (χ2v) is 7.57. The first kappa shape index (κ1) is 18.9. The van der Waals surface area contributed by atoms with Crippen molar-refractivity contribution >= 4 is 40.8 Å². The van der Waals surface area contributed by atoms with Crippen LogP contribution < -0.4 is 5.32 Å². The first-order chi connectivity index (χ1) is 11.4. The van der Waals surface area contributed by atoms with Crippen molar-refractivity contribution in [1.82, 2.24) is 19.5 Å². The number of aromatic nitrogens is 4. The largest absolute Gasteiger partial charge is 0.444 e. The molecule has 0 atom stereocenters. The van der Waals surface area contributed by atoms with E-state index in [1.54, 1.807) is 41.5 Å². The van der Waals surface area contributed by atoms with E-state index in [-0.39, 0.29) is 22.3 Å². The maximum Gasteiger partial charge on any atom is 0.421 e. The average molecular weight is 370 g/mol. The second-order valence-electron chi connectivity index (χ2n) is 7.24. The number of nitrogens with one attached hydrogen (secondary N) is 1. The van der Waals surface area contributed by atoms with Gasteiger partial charge in [-0.15, -0.1) is 0 Å². The third-order valence-corrected chi connectivity index (χ3v) is 2.75. The molecule has 0 unspecified atom stereocenters. The van der Waals surface area contributed by atoms with Crippen LogP contribution in [0.5, 0.6) is 0 Å². The molecule has 0 fully saturated rings. The lowest BCUT2D eigenvalue weighted by Gasteiger charge is -2.19. The van der Waals surface area contributed by atoms with E-state index in [9.17, 15) is 9.59 Å². The number of fused-ring (bicyclic) bond motifs is 1. The Bertz CT molecular complexity index is 820. The van der Waals surface area contributed by atoms with E-state index in [0.717, 1.165) is 4.57 Å². The third kappa shape index (κ3) is 5.02. The van der Waals surface area contributed by atoms with Crippen LogP contribution in [0.1, 0.15) is 41.5 Å². The number of hydrogen-bond donors (Lipinski definition) is 1. The number of amides is 1. The van der Waals surface area contributed by atoms with Gasteiger partial charge in [0.05, 0.1) is 0 Å². The molecule has 25 heavy (non-hydrogen) atoms. The molecule has 0 saturated carbocycles. The fourth-order valence-corrected chi connectivity index (χ4v) is 1.97. The van der Waals surface area contributed by atoms with E-state index < -0.39 is 23.4 Å². The molecule has 2 aromatic heterocycles. The van der Waals surface area contributed by atoms with Gasteiger partial charge >= 0.3 is 12.2 Å². The number of carbonyl (C=O) groups is 2. The molecule has 9 nitrogen and oxygen atoms in total. The second kappa shape index (κ2) is 6.47. The lowest BCUT2D eigenvalue weighted by atomic mass is 10.2. The Kier molecular flexibility index (Phi) is 4.90. The van der Waals surface area contributed by atoms with Crippen molar-refractivity contribution in [3.8, 4) is 0 Å². The number of nitrogens with zero attached hydrogens (tertiary/aromatic N) is 4. The number of imidazole rings is 1. The Labute approximate surface area is 149 Å². The summed E-state index contributed by atoms with van der Waals surface area (Å²) in [6, 6.07) is 0. The SMILES string of the molecule is CC(C)(C)OC(=O)Nc1nc(Cl)nc2c1ncn2C(=O)OC(C)(C)C. The van der Waals surface area contributed by atoms with E-state index >= 15 is 0 Å². The summed E-state index contributed by atoms with van der Waals surface area (Å²) in [6.45, 7) is 10.4. The summed E-state index contributed by atoms with van der Waals surface area (Å²) in [5.74, 6) is 0.0339. The molecule has 0 aliphatic heterocycles. The number of anilines is 1. The Balaban J connectivity index is 2.38. The van der Waals surface area contributed by atoms with E-state index in [2.05, 4.69) is 20.3 Å². The van der Waals surface area contributed by atoms with Gasteiger partial charge in [-0.2, -0.15) is 9.97 Å². The summed E-state index contributed by atoms with van der Waals surface area (Å²) in [7, 11) is 0. The molecular weight excluding hydrogens is 350 g/mol. The molecule has 1 amide bonds. The van der Waals surface area contributed by atoms with E-state index in [1.165, 1.54) is 6.33 Å². The summed E-state index contributed by atoms with van der Waals surface area (Å²) in [6.07, 6.45) is -0.173.